The SMILES string of the molecule is Cl.NC(=O)N1C[C@H]2CNC[C@H]2C1. The van der Waals surface area contributed by atoms with E-state index in [-0.39, 0.29) is 18.4 Å². The highest BCUT2D eigenvalue weighted by Gasteiger charge is 2.37. The molecule has 5 heteroatoms. The van der Waals surface area contributed by atoms with Crippen molar-refractivity contribution in [2.75, 3.05) is 26.2 Å². The van der Waals surface area contributed by atoms with Gasteiger partial charge in [0.2, 0.25) is 0 Å². The molecule has 2 amide bonds. The number of hydrogen-bond acceptors (Lipinski definition) is 2. The second-order valence-corrected chi connectivity index (χ2v) is 3.42. The summed E-state index contributed by atoms with van der Waals surface area (Å²) >= 11 is 0. The molecule has 0 saturated carbocycles. The van der Waals surface area contributed by atoms with Crippen LogP contribution < -0.4 is 11.1 Å². The van der Waals surface area contributed by atoms with E-state index in [1.807, 2.05) is 0 Å². The Hall–Kier alpha value is -0.480. The van der Waals surface area contributed by atoms with Gasteiger partial charge in [-0.25, -0.2) is 4.79 Å². The van der Waals surface area contributed by atoms with E-state index < -0.39 is 0 Å². The average Bonchev–Trinajstić information content (AvgIpc) is 2.40. The van der Waals surface area contributed by atoms with Crippen LogP contribution in [-0.4, -0.2) is 37.1 Å². The summed E-state index contributed by atoms with van der Waals surface area (Å²) in [5.41, 5.74) is 5.17. The zero-order valence-corrected chi connectivity index (χ0v) is 7.64. The van der Waals surface area contributed by atoms with Crippen molar-refractivity contribution in [3.8, 4) is 0 Å². The topological polar surface area (TPSA) is 58.4 Å². The van der Waals surface area contributed by atoms with Gasteiger partial charge in [0.05, 0.1) is 0 Å². The summed E-state index contributed by atoms with van der Waals surface area (Å²) in [5, 5.41) is 3.30. The van der Waals surface area contributed by atoms with E-state index in [1.165, 1.54) is 0 Å². The monoisotopic (exact) mass is 191 g/mol. The van der Waals surface area contributed by atoms with Crippen molar-refractivity contribution in [2.45, 2.75) is 0 Å². The van der Waals surface area contributed by atoms with Gasteiger partial charge in [0.1, 0.15) is 0 Å². The summed E-state index contributed by atoms with van der Waals surface area (Å²) in [7, 11) is 0. The number of nitrogens with two attached hydrogens (primary N) is 1. The van der Waals surface area contributed by atoms with Gasteiger partial charge in [0, 0.05) is 26.2 Å². The smallest absolute Gasteiger partial charge is 0.314 e. The van der Waals surface area contributed by atoms with Crippen LogP contribution in [-0.2, 0) is 0 Å². The Morgan fingerprint density at radius 3 is 2.25 bits per heavy atom. The molecule has 2 aliphatic rings. The first-order valence-corrected chi connectivity index (χ1v) is 4.02. The van der Waals surface area contributed by atoms with Crippen LogP contribution in [0.5, 0.6) is 0 Å². The van der Waals surface area contributed by atoms with Gasteiger partial charge in [-0.15, -0.1) is 12.4 Å². The van der Waals surface area contributed by atoms with Crippen molar-refractivity contribution in [3.63, 3.8) is 0 Å². The quantitative estimate of drug-likeness (QED) is 0.550. The molecule has 3 N–H and O–H groups in total. The van der Waals surface area contributed by atoms with Crippen LogP contribution in [0, 0.1) is 11.8 Å². The Balaban J connectivity index is 0.000000720. The molecule has 2 atom stereocenters. The Morgan fingerprint density at radius 2 is 1.83 bits per heavy atom. The van der Waals surface area contributed by atoms with Crippen molar-refractivity contribution in [3.05, 3.63) is 0 Å². The van der Waals surface area contributed by atoms with E-state index in [4.69, 9.17) is 5.73 Å². The second-order valence-electron chi connectivity index (χ2n) is 3.42. The van der Waals surface area contributed by atoms with E-state index in [9.17, 15) is 4.79 Å². The van der Waals surface area contributed by atoms with Crippen molar-refractivity contribution in [1.82, 2.24) is 10.2 Å². The van der Waals surface area contributed by atoms with Gasteiger partial charge in [-0.2, -0.15) is 0 Å². The number of amides is 2. The maximum absolute atomic E-state index is 10.8. The van der Waals surface area contributed by atoms with Crippen molar-refractivity contribution in [2.24, 2.45) is 17.6 Å². The number of nitrogens with zero attached hydrogens (tertiary/aromatic N) is 1. The van der Waals surface area contributed by atoms with Crippen LogP contribution in [0.15, 0.2) is 0 Å². The first kappa shape index (κ1) is 9.61. The van der Waals surface area contributed by atoms with Crippen LogP contribution in [0.4, 0.5) is 4.79 Å². The van der Waals surface area contributed by atoms with Gasteiger partial charge in [0.25, 0.3) is 0 Å². The fourth-order valence-corrected chi connectivity index (χ4v) is 2.04. The third kappa shape index (κ3) is 1.49. The Morgan fingerprint density at radius 1 is 1.33 bits per heavy atom. The molecule has 0 aromatic heterocycles. The Kier molecular flexibility index (Phi) is 2.80. The molecule has 0 bridgehead atoms. The number of fused-ring (bicyclic) bond motifs is 1. The van der Waals surface area contributed by atoms with Crippen LogP contribution >= 0.6 is 12.4 Å². The van der Waals surface area contributed by atoms with E-state index in [1.54, 1.807) is 4.90 Å². The lowest BCUT2D eigenvalue weighted by Gasteiger charge is -2.13. The maximum atomic E-state index is 10.8. The fraction of sp³-hybridized carbons (Fsp3) is 0.857. The highest BCUT2D eigenvalue weighted by molar-refractivity contribution is 5.85. The van der Waals surface area contributed by atoms with Gasteiger partial charge < -0.3 is 16.0 Å². The molecule has 0 aromatic rings. The molecule has 12 heavy (non-hydrogen) atoms. The third-order valence-electron chi connectivity index (χ3n) is 2.70. The fourth-order valence-electron chi connectivity index (χ4n) is 2.04. The number of carbonyl (C=O) groups is 1. The summed E-state index contributed by atoms with van der Waals surface area (Å²) in [6, 6.07) is -0.264. The molecule has 2 fully saturated rings. The minimum atomic E-state index is -0.264. The molecule has 2 aliphatic heterocycles. The molecular formula is C7H14ClN3O. The van der Waals surface area contributed by atoms with E-state index >= 15 is 0 Å². The molecule has 70 valence electrons. The van der Waals surface area contributed by atoms with Crippen molar-refractivity contribution in [1.29, 1.82) is 0 Å². The number of nitrogens with one attached hydrogen (secondary N) is 1. The molecule has 4 nitrogen and oxygen atoms in total. The molecule has 2 saturated heterocycles. The largest absolute Gasteiger partial charge is 0.351 e. The van der Waals surface area contributed by atoms with E-state index in [0.29, 0.717) is 11.8 Å². The molecule has 0 unspecified atom stereocenters. The van der Waals surface area contributed by atoms with Gasteiger partial charge in [-0.05, 0) is 11.8 Å². The van der Waals surface area contributed by atoms with Crippen molar-refractivity contribution < 1.29 is 4.79 Å². The maximum Gasteiger partial charge on any atom is 0.314 e. The summed E-state index contributed by atoms with van der Waals surface area (Å²) in [5.74, 6) is 1.31. The summed E-state index contributed by atoms with van der Waals surface area (Å²) in [6.07, 6.45) is 0. The predicted octanol–water partition coefficient (Wildman–Crippen LogP) is -0.362. The second kappa shape index (κ2) is 3.49. The van der Waals surface area contributed by atoms with Gasteiger partial charge >= 0.3 is 6.03 Å². The molecular weight excluding hydrogens is 178 g/mol. The number of rotatable bonds is 0. The highest BCUT2D eigenvalue weighted by atomic mass is 35.5. The Bertz CT molecular complexity index is 175. The molecule has 2 rings (SSSR count). The van der Waals surface area contributed by atoms with Crippen LogP contribution in [0.25, 0.3) is 0 Å². The lowest BCUT2D eigenvalue weighted by Crippen LogP contribution is -2.35. The first-order chi connectivity index (χ1) is 5.27. The number of hydrogen-bond donors (Lipinski definition) is 2. The van der Waals surface area contributed by atoms with Gasteiger partial charge in [-0.3, -0.25) is 0 Å². The van der Waals surface area contributed by atoms with Gasteiger partial charge in [-0.1, -0.05) is 0 Å². The number of urea groups is 1. The lowest BCUT2D eigenvalue weighted by molar-refractivity contribution is 0.215. The number of carbonyl (C=O) groups excluding carboxylic acids is 1. The van der Waals surface area contributed by atoms with E-state index in [2.05, 4.69) is 5.32 Å². The third-order valence-corrected chi connectivity index (χ3v) is 2.70. The molecule has 0 aliphatic carbocycles. The summed E-state index contributed by atoms with van der Waals surface area (Å²) < 4.78 is 0. The minimum absolute atomic E-state index is 0. The average molecular weight is 192 g/mol. The molecule has 0 spiro atoms. The van der Waals surface area contributed by atoms with Crippen LogP contribution in [0.1, 0.15) is 0 Å². The molecule has 0 aromatic carbocycles. The number of likely N-dealkylation sites (tertiary alicyclic amines) is 1. The number of halogens is 1. The standard InChI is InChI=1S/C7H13N3O.ClH/c8-7(11)10-3-5-1-9-2-6(5)4-10;/h5-6,9H,1-4H2,(H2,8,11);1H/t5-,6+;. The zero-order chi connectivity index (χ0) is 7.84. The zero-order valence-electron chi connectivity index (χ0n) is 6.82. The van der Waals surface area contributed by atoms with Crippen molar-refractivity contribution >= 4 is 18.4 Å². The van der Waals surface area contributed by atoms with Gasteiger partial charge in [0.15, 0.2) is 0 Å². The highest BCUT2D eigenvalue weighted by Crippen LogP contribution is 2.25. The van der Waals surface area contributed by atoms with Crippen LogP contribution in [0.2, 0.25) is 0 Å². The molecule has 2 heterocycles. The molecule has 0 radical (unpaired) electrons. The normalized spacial score (nSPS) is 32.8. The number of primary amides is 1. The first-order valence-electron chi connectivity index (χ1n) is 4.02. The Labute approximate surface area is 77.9 Å². The minimum Gasteiger partial charge on any atom is -0.351 e. The lowest BCUT2D eigenvalue weighted by atomic mass is 10.0. The summed E-state index contributed by atoms with van der Waals surface area (Å²) in [4.78, 5) is 12.5. The van der Waals surface area contributed by atoms with E-state index in [0.717, 1.165) is 26.2 Å². The predicted molar refractivity (Wildman–Crippen MR) is 48.3 cm³/mol. The van der Waals surface area contributed by atoms with Crippen LogP contribution in [0.3, 0.4) is 0 Å². The summed E-state index contributed by atoms with van der Waals surface area (Å²) in [6.45, 7) is 3.81.